The highest BCUT2D eigenvalue weighted by molar-refractivity contribution is 5.30. The molecule has 0 amide bonds. The van der Waals surface area contributed by atoms with Crippen LogP contribution in [-0.2, 0) is 6.54 Å². The fraction of sp³-hybridized carbons (Fsp3) is 0.684. The maximum absolute atomic E-state index is 3.81. The molecule has 1 nitrogen and oxygen atoms in total. The van der Waals surface area contributed by atoms with Gasteiger partial charge in [0.05, 0.1) is 0 Å². The predicted octanol–water partition coefficient (Wildman–Crippen LogP) is 5.00. The van der Waals surface area contributed by atoms with E-state index >= 15 is 0 Å². The molecule has 0 atom stereocenters. The van der Waals surface area contributed by atoms with E-state index < -0.39 is 0 Å². The minimum atomic E-state index is 0.460. The van der Waals surface area contributed by atoms with Crippen molar-refractivity contribution in [3.63, 3.8) is 0 Å². The van der Waals surface area contributed by atoms with E-state index in [1.165, 1.54) is 36.0 Å². The third-order valence-corrected chi connectivity index (χ3v) is 4.63. The number of benzene rings is 1. The van der Waals surface area contributed by atoms with Gasteiger partial charge < -0.3 is 5.32 Å². The van der Waals surface area contributed by atoms with Gasteiger partial charge in [0.25, 0.3) is 0 Å². The zero-order valence-corrected chi connectivity index (χ0v) is 14.1. The highest BCUT2D eigenvalue weighted by atomic mass is 14.9. The van der Waals surface area contributed by atoms with Crippen LogP contribution in [0.1, 0.15) is 63.6 Å². The van der Waals surface area contributed by atoms with E-state index in [9.17, 15) is 0 Å². The van der Waals surface area contributed by atoms with E-state index in [2.05, 4.69) is 65.1 Å². The Hall–Kier alpha value is -0.820. The van der Waals surface area contributed by atoms with Crippen molar-refractivity contribution < 1.29 is 0 Å². The molecular weight excluding hydrogens is 242 g/mol. The second-order valence-corrected chi connectivity index (χ2v) is 8.42. The van der Waals surface area contributed by atoms with E-state index in [0.29, 0.717) is 16.9 Å². The van der Waals surface area contributed by atoms with Crippen LogP contribution in [0.5, 0.6) is 0 Å². The van der Waals surface area contributed by atoms with Crippen LogP contribution in [0.25, 0.3) is 0 Å². The topological polar surface area (TPSA) is 12.0 Å². The van der Waals surface area contributed by atoms with Gasteiger partial charge in [0.15, 0.2) is 0 Å². The Morgan fingerprint density at radius 1 is 1.05 bits per heavy atom. The number of hydrogen-bond acceptors (Lipinski definition) is 1. The monoisotopic (exact) mass is 273 g/mol. The van der Waals surface area contributed by atoms with Gasteiger partial charge in [-0.3, -0.25) is 0 Å². The van der Waals surface area contributed by atoms with Crippen molar-refractivity contribution >= 4 is 0 Å². The van der Waals surface area contributed by atoms with Crippen molar-refractivity contribution in [1.29, 1.82) is 0 Å². The maximum atomic E-state index is 3.81. The first-order valence-electron chi connectivity index (χ1n) is 7.96. The normalized spacial score (nSPS) is 21.9. The molecule has 1 aromatic rings. The van der Waals surface area contributed by atoms with Crippen LogP contribution in [0.3, 0.4) is 0 Å². The minimum absolute atomic E-state index is 0.460. The van der Waals surface area contributed by atoms with Crippen molar-refractivity contribution in [2.45, 2.75) is 73.4 Å². The second-order valence-electron chi connectivity index (χ2n) is 8.42. The van der Waals surface area contributed by atoms with Gasteiger partial charge in [-0.15, -0.1) is 0 Å². The third kappa shape index (κ3) is 4.09. The largest absolute Gasteiger partial charge is 0.310 e. The molecule has 0 aliphatic heterocycles. The Balaban J connectivity index is 2.00. The van der Waals surface area contributed by atoms with Gasteiger partial charge in [0, 0.05) is 12.6 Å². The third-order valence-electron chi connectivity index (χ3n) is 4.63. The Morgan fingerprint density at radius 2 is 1.65 bits per heavy atom. The first-order chi connectivity index (χ1) is 9.17. The summed E-state index contributed by atoms with van der Waals surface area (Å²) in [5, 5.41) is 3.81. The average molecular weight is 273 g/mol. The summed E-state index contributed by atoms with van der Waals surface area (Å²) in [4.78, 5) is 0. The zero-order valence-electron chi connectivity index (χ0n) is 14.1. The van der Waals surface area contributed by atoms with Gasteiger partial charge in [0.1, 0.15) is 0 Å². The summed E-state index contributed by atoms with van der Waals surface area (Å²) in [5.41, 5.74) is 5.12. The Bertz CT molecular complexity index is 455. The first kappa shape index (κ1) is 15.6. The van der Waals surface area contributed by atoms with Gasteiger partial charge in [-0.2, -0.15) is 0 Å². The smallest absolute Gasteiger partial charge is 0.0210 e. The second kappa shape index (κ2) is 5.52. The van der Waals surface area contributed by atoms with Crippen molar-refractivity contribution in [3.8, 4) is 0 Å². The molecule has 1 N–H and O–H groups in total. The van der Waals surface area contributed by atoms with Crippen molar-refractivity contribution in [3.05, 3.63) is 34.9 Å². The lowest BCUT2D eigenvalue weighted by atomic mass is 9.63. The number of hydrogen-bond donors (Lipinski definition) is 1. The molecule has 112 valence electrons. The SMILES string of the molecule is Cc1ccc(CNC2CC(C)(C)CC(C)(C)C2)c(C)c1. The fourth-order valence-corrected chi connectivity index (χ4v) is 4.29. The van der Waals surface area contributed by atoms with Crippen LogP contribution in [0, 0.1) is 24.7 Å². The van der Waals surface area contributed by atoms with Crippen molar-refractivity contribution in [2.75, 3.05) is 0 Å². The predicted molar refractivity (Wildman–Crippen MR) is 88.0 cm³/mol. The molecule has 1 saturated carbocycles. The van der Waals surface area contributed by atoms with Gasteiger partial charge in [-0.05, 0) is 55.1 Å². The van der Waals surface area contributed by atoms with E-state index in [1.807, 2.05) is 0 Å². The van der Waals surface area contributed by atoms with Crippen LogP contribution in [-0.4, -0.2) is 6.04 Å². The Labute approximate surface area is 125 Å². The standard InChI is InChI=1S/C19H31N/c1-14-7-8-16(15(2)9-14)12-20-17-10-18(3,4)13-19(5,6)11-17/h7-9,17,20H,10-13H2,1-6H3. The molecule has 0 unspecified atom stereocenters. The molecule has 0 aromatic heterocycles. The fourth-order valence-electron chi connectivity index (χ4n) is 4.29. The molecule has 1 fully saturated rings. The summed E-state index contributed by atoms with van der Waals surface area (Å²) >= 11 is 0. The van der Waals surface area contributed by atoms with E-state index in [1.54, 1.807) is 0 Å². The highest BCUT2D eigenvalue weighted by Gasteiger charge is 2.38. The molecule has 0 saturated heterocycles. The summed E-state index contributed by atoms with van der Waals surface area (Å²) < 4.78 is 0. The van der Waals surface area contributed by atoms with Gasteiger partial charge >= 0.3 is 0 Å². The van der Waals surface area contributed by atoms with E-state index in [-0.39, 0.29) is 0 Å². The van der Waals surface area contributed by atoms with Crippen molar-refractivity contribution in [2.24, 2.45) is 10.8 Å². The molecule has 0 bridgehead atoms. The minimum Gasteiger partial charge on any atom is -0.310 e. The van der Waals surface area contributed by atoms with Crippen LogP contribution < -0.4 is 5.32 Å². The lowest BCUT2D eigenvalue weighted by Crippen LogP contribution is -2.43. The summed E-state index contributed by atoms with van der Waals surface area (Å²) in [6, 6.07) is 7.43. The van der Waals surface area contributed by atoms with Crippen molar-refractivity contribution in [1.82, 2.24) is 5.32 Å². The van der Waals surface area contributed by atoms with Crippen LogP contribution in [0.15, 0.2) is 18.2 Å². The molecule has 1 heteroatoms. The lowest BCUT2D eigenvalue weighted by molar-refractivity contribution is 0.0845. The quantitative estimate of drug-likeness (QED) is 0.817. The maximum Gasteiger partial charge on any atom is 0.0210 e. The Morgan fingerprint density at radius 3 is 2.20 bits per heavy atom. The molecule has 0 spiro atoms. The molecule has 2 rings (SSSR count). The Kier molecular flexibility index (Phi) is 4.30. The molecular formula is C19H31N. The van der Waals surface area contributed by atoms with E-state index in [0.717, 1.165) is 6.54 Å². The van der Waals surface area contributed by atoms with E-state index in [4.69, 9.17) is 0 Å². The average Bonchev–Trinajstić information content (AvgIpc) is 2.23. The number of nitrogens with one attached hydrogen (secondary N) is 1. The van der Waals surface area contributed by atoms with Gasteiger partial charge in [-0.25, -0.2) is 0 Å². The molecule has 1 aliphatic rings. The summed E-state index contributed by atoms with van der Waals surface area (Å²) in [6.07, 6.45) is 3.92. The van der Waals surface area contributed by atoms with Gasteiger partial charge in [0.2, 0.25) is 0 Å². The lowest BCUT2D eigenvalue weighted by Gasteiger charge is -2.45. The zero-order chi connectivity index (χ0) is 15.0. The number of rotatable bonds is 3. The molecule has 1 aliphatic carbocycles. The molecule has 1 aromatic carbocycles. The van der Waals surface area contributed by atoms with Crippen LogP contribution in [0.4, 0.5) is 0 Å². The van der Waals surface area contributed by atoms with Crippen LogP contribution >= 0.6 is 0 Å². The van der Waals surface area contributed by atoms with Gasteiger partial charge in [-0.1, -0.05) is 51.5 Å². The number of aryl methyl sites for hydroxylation is 2. The highest BCUT2D eigenvalue weighted by Crippen LogP contribution is 2.45. The molecule has 0 heterocycles. The summed E-state index contributed by atoms with van der Waals surface area (Å²) in [6.45, 7) is 15.1. The molecule has 0 radical (unpaired) electrons. The molecule has 20 heavy (non-hydrogen) atoms. The van der Waals surface area contributed by atoms with Crippen LogP contribution in [0.2, 0.25) is 0 Å². The summed E-state index contributed by atoms with van der Waals surface area (Å²) in [5.74, 6) is 0. The summed E-state index contributed by atoms with van der Waals surface area (Å²) in [7, 11) is 0. The first-order valence-corrected chi connectivity index (χ1v) is 7.96.